The quantitative estimate of drug-likeness (QED) is 0.274. The first-order valence-electron chi connectivity index (χ1n) is 11.0. The van der Waals surface area contributed by atoms with Crippen molar-refractivity contribution in [3.05, 3.63) is 95.1 Å². The lowest BCUT2D eigenvalue weighted by atomic mass is 10.00. The number of carbonyl (C=O) groups is 1. The number of aromatic amines is 1. The van der Waals surface area contributed by atoms with Crippen molar-refractivity contribution >= 4 is 28.3 Å². The molecule has 33 heavy (non-hydrogen) atoms. The molecule has 0 spiro atoms. The number of carbonyl (C=O) groups excluding carboxylic acids is 1. The van der Waals surface area contributed by atoms with E-state index in [1.54, 1.807) is 25.1 Å². The van der Waals surface area contributed by atoms with E-state index < -0.39 is 5.97 Å². The van der Waals surface area contributed by atoms with E-state index in [0.717, 1.165) is 28.6 Å². The van der Waals surface area contributed by atoms with Crippen LogP contribution >= 0.6 is 0 Å². The van der Waals surface area contributed by atoms with Crippen molar-refractivity contribution in [2.75, 3.05) is 6.61 Å². The maximum atomic E-state index is 12.1. The Morgan fingerprint density at radius 3 is 2.45 bits per heavy atom. The second-order valence-corrected chi connectivity index (χ2v) is 8.00. The lowest BCUT2D eigenvalue weighted by molar-refractivity contribution is 0.0526. The van der Waals surface area contributed by atoms with Crippen molar-refractivity contribution in [1.29, 1.82) is 0 Å². The summed E-state index contributed by atoms with van der Waals surface area (Å²) < 4.78 is 5.10. The van der Waals surface area contributed by atoms with Gasteiger partial charge in [0, 0.05) is 22.5 Å². The molecule has 4 rings (SSSR count). The Morgan fingerprint density at radius 1 is 1.06 bits per heavy atom. The Kier molecular flexibility index (Phi) is 6.56. The predicted molar refractivity (Wildman–Crippen MR) is 131 cm³/mol. The molecular formula is C27H27N3O3. The number of hydrogen-bond acceptors (Lipinski definition) is 5. The first kappa shape index (κ1) is 22.3. The number of aromatic hydroxyl groups is 1. The molecule has 4 N–H and O–H groups in total. The highest BCUT2D eigenvalue weighted by atomic mass is 16.5. The number of nitrogens with one attached hydrogen (secondary N) is 1. The van der Waals surface area contributed by atoms with Gasteiger partial charge < -0.3 is 20.6 Å². The average molecular weight is 442 g/mol. The molecule has 0 saturated heterocycles. The molecular weight excluding hydrogens is 414 g/mol. The molecule has 0 aliphatic heterocycles. The van der Waals surface area contributed by atoms with E-state index in [1.165, 1.54) is 0 Å². The van der Waals surface area contributed by atoms with Crippen molar-refractivity contribution in [1.82, 2.24) is 4.98 Å². The summed E-state index contributed by atoms with van der Waals surface area (Å²) >= 11 is 0. The molecule has 0 fully saturated rings. The Labute approximate surface area is 192 Å². The van der Waals surface area contributed by atoms with E-state index in [2.05, 4.69) is 4.98 Å². The summed E-state index contributed by atoms with van der Waals surface area (Å²) in [5, 5.41) is 11.6. The number of esters is 1. The van der Waals surface area contributed by atoms with Crippen LogP contribution in [-0.2, 0) is 11.2 Å². The highest BCUT2D eigenvalue weighted by Crippen LogP contribution is 2.32. The number of ether oxygens (including phenoxy) is 1. The highest BCUT2D eigenvalue weighted by molar-refractivity contribution is 6.22. The topological polar surface area (TPSA) is 101 Å². The lowest BCUT2D eigenvalue weighted by Gasteiger charge is -2.09. The number of rotatable bonds is 7. The fraction of sp³-hybridized carbons (Fsp3) is 0.185. The van der Waals surface area contributed by atoms with Gasteiger partial charge in [0.1, 0.15) is 0 Å². The van der Waals surface area contributed by atoms with Crippen molar-refractivity contribution < 1.29 is 14.6 Å². The molecule has 6 nitrogen and oxygen atoms in total. The van der Waals surface area contributed by atoms with Crippen LogP contribution in [-0.4, -0.2) is 34.4 Å². The maximum Gasteiger partial charge on any atom is 0.338 e. The van der Waals surface area contributed by atoms with Crippen LogP contribution in [0.5, 0.6) is 5.88 Å². The standard InChI is InChI=1S/C27H27N3O3/c1-3-33-27(32)20-11-14-22-23(16-20)30-26(31)24(22)25(19-7-5-4-6-8-19)29-21-12-9-18(10-13-21)15-17(2)28/h4-14,16-17,30-31H,3,15,28H2,1-2H3. The Morgan fingerprint density at radius 2 is 1.79 bits per heavy atom. The zero-order chi connectivity index (χ0) is 23.4. The molecule has 0 amide bonds. The van der Waals surface area contributed by atoms with Crippen LogP contribution in [0.1, 0.15) is 40.9 Å². The monoisotopic (exact) mass is 441 g/mol. The number of nitrogens with two attached hydrogens (primary N) is 1. The fourth-order valence-corrected chi connectivity index (χ4v) is 3.83. The summed E-state index contributed by atoms with van der Waals surface area (Å²) in [7, 11) is 0. The second-order valence-electron chi connectivity index (χ2n) is 8.00. The van der Waals surface area contributed by atoms with E-state index in [4.69, 9.17) is 15.5 Å². The smallest absolute Gasteiger partial charge is 0.338 e. The second kappa shape index (κ2) is 9.71. The van der Waals surface area contributed by atoms with Gasteiger partial charge in [0.05, 0.1) is 29.1 Å². The highest BCUT2D eigenvalue weighted by Gasteiger charge is 2.20. The molecule has 1 heterocycles. The van der Waals surface area contributed by atoms with E-state index in [9.17, 15) is 9.90 Å². The molecule has 1 unspecified atom stereocenters. The molecule has 0 aliphatic rings. The van der Waals surface area contributed by atoms with E-state index in [-0.39, 0.29) is 11.9 Å². The van der Waals surface area contributed by atoms with Crippen molar-refractivity contribution in [3.63, 3.8) is 0 Å². The van der Waals surface area contributed by atoms with Gasteiger partial charge in [-0.2, -0.15) is 0 Å². The van der Waals surface area contributed by atoms with Gasteiger partial charge in [-0.25, -0.2) is 9.79 Å². The minimum Gasteiger partial charge on any atom is -0.494 e. The lowest BCUT2D eigenvalue weighted by Crippen LogP contribution is -2.17. The molecule has 0 radical (unpaired) electrons. The number of nitrogens with zero attached hydrogens (tertiary/aromatic N) is 1. The van der Waals surface area contributed by atoms with Gasteiger partial charge in [-0.05, 0) is 50.1 Å². The minimum absolute atomic E-state index is 0.0119. The summed E-state index contributed by atoms with van der Waals surface area (Å²) in [6.45, 7) is 4.04. The maximum absolute atomic E-state index is 12.1. The van der Waals surface area contributed by atoms with Gasteiger partial charge in [0.25, 0.3) is 0 Å². The molecule has 0 aliphatic carbocycles. The molecule has 6 heteroatoms. The van der Waals surface area contributed by atoms with E-state index in [0.29, 0.717) is 29.0 Å². The van der Waals surface area contributed by atoms with Crippen molar-refractivity contribution in [3.8, 4) is 5.88 Å². The van der Waals surface area contributed by atoms with Crippen LogP contribution in [0.15, 0.2) is 77.8 Å². The van der Waals surface area contributed by atoms with Gasteiger partial charge in [0.15, 0.2) is 5.88 Å². The van der Waals surface area contributed by atoms with Crippen LogP contribution in [0.25, 0.3) is 10.9 Å². The number of benzene rings is 3. The largest absolute Gasteiger partial charge is 0.494 e. The van der Waals surface area contributed by atoms with Gasteiger partial charge >= 0.3 is 5.97 Å². The van der Waals surface area contributed by atoms with Gasteiger partial charge in [-0.15, -0.1) is 0 Å². The first-order valence-corrected chi connectivity index (χ1v) is 11.0. The minimum atomic E-state index is -0.404. The third-order valence-corrected chi connectivity index (χ3v) is 5.31. The van der Waals surface area contributed by atoms with Crippen LogP contribution in [0.3, 0.4) is 0 Å². The van der Waals surface area contributed by atoms with Gasteiger partial charge in [-0.1, -0.05) is 48.5 Å². The number of aliphatic imine (C=N–C) groups is 1. The van der Waals surface area contributed by atoms with Crippen molar-refractivity contribution in [2.45, 2.75) is 26.3 Å². The SMILES string of the molecule is CCOC(=O)c1ccc2c(C(=Nc3ccc(CC(C)N)cc3)c3ccccc3)c(O)[nH]c2c1. The molecule has 3 aromatic carbocycles. The molecule has 0 bridgehead atoms. The zero-order valence-corrected chi connectivity index (χ0v) is 18.7. The summed E-state index contributed by atoms with van der Waals surface area (Å²) in [6, 6.07) is 22.9. The molecule has 0 saturated carbocycles. The average Bonchev–Trinajstić information content (AvgIpc) is 3.13. The number of fused-ring (bicyclic) bond motifs is 1. The third-order valence-electron chi connectivity index (χ3n) is 5.31. The Bertz CT molecular complexity index is 1290. The Hall–Kier alpha value is -3.90. The third kappa shape index (κ3) is 4.96. The van der Waals surface area contributed by atoms with Gasteiger partial charge in [0.2, 0.25) is 0 Å². The molecule has 4 aromatic rings. The van der Waals surface area contributed by atoms with Crippen LogP contribution in [0, 0.1) is 0 Å². The number of aromatic nitrogens is 1. The van der Waals surface area contributed by atoms with Crippen LogP contribution in [0.2, 0.25) is 0 Å². The first-order chi connectivity index (χ1) is 16.0. The normalized spacial score (nSPS) is 12.6. The van der Waals surface area contributed by atoms with Crippen LogP contribution < -0.4 is 5.73 Å². The molecule has 168 valence electrons. The molecule has 1 atom stereocenters. The van der Waals surface area contributed by atoms with E-state index >= 15 is 0 Å². The predicted octanol–water partition coefficient (Wildman–Crippen LogP) is 5.11. The molecule has 1 aromatic heterocycles. The summed E-state index contributed by atoms with van der Waals surface area (Å²) in [6.07, 6.45) is 0.793. The fourth-order valence-electron chi connectivity index (χ4n) is 3.83. The summed E-state index contributed by atoms with van der Waals surface area (Å²) in [4.78, 5) is 20.0. The van der Waals surface area contributed by atoms with Crippen LogP contribution in [0.4, 0.5) is 5.69 Å². The summed E-state index contributed by atoms with van der Waals surface area (Å²) in [5.41, 5.74) is 10.9. The zero-order valence-electron chi connectivity index (χ0n) is 18.7. The Balaban J connectivity index is 1.82. The summed E-state index contributed by atoms with van der Waals surface area (Å²) in [5.74, 6) is -0.416. The van der Waals surface area contributed by atoms with Gasteiger partial charge in [-0.3, -0.25) is 0 Å². The van der Waals surface area contributed by atoms with Crippen molar-refractivity contribution in [2.24, 2.45) is 10.7 Å². The number of hydrogen-bond donors (Lipinski definition) is 3. The number of H-pyrrole nitrogens is 1. The van der Waals surface area contributed by atoms with E-state index in [1.807, 2.05) is 61.5 Å².